The van der Waals surface area contributed by atoms with Crippen LogP contribution in [0.3, 0.4) is 0 Å². The molecule has 3 aliphatic rings. The summed E-state index contributed by atoms with van der Waals surface area (Å²) >= 11 is 0. The SMILES string of the molecule is CC(C)C1=CC2=CC[C@@H]3C(C)(C)C[C@H](O)C[C@@]3(C)[C@@H]2CC1. The third-order valence-electron chi connectivity index (χ3n) is 6.78. The van der Waals surface area contributed by atoms with Crippen molar-refractivity contribution in [3.63, 3.8) is 0 Å². The van der Waals surface area contributed by atoms with Crippen LogP contribution in [0.4, 0.5) is 0 Å². The summed E-state index contributed by atoms with van der Waals surface area (Å²) in [4.78, 5) is 0. The highest BCUT2D eigenvalue weighted by Gasteiger charge is 2.54. The first-order valence-corrected chi connectivity index (χ1v) is 8.82. The molecule has 0 heterocycles. The minimum Gasteiger partial charge on any atom is -0.393 e. The van der Waals surface area contributed by atoms with Crippen molar-refractivity contribution in [2.75, 3.05) is 0 Å². The average molecular weight is 288 g/mol. The fourth-order valence-electron chi connectivity index (χ4n) is 5.82. The van der Waals surface area contributed by atoms with Gasteiger partial charge < -0.3 is 5.11 Å². The van der Waals surface area contributed by atoms with E-state index in [1.807, 2.05) is 0 Å². The Labute approximate surface area is 130 Å². The van der Waals surface area contributed by atoms with Crippen LogP contribution in [-0.4, -0.2) is 11.2 Å². The number of rotatable bonds is 1. The molecule has 0 unspecified atom stereocenters. The van der Waals surface area contributed by atoms with E-state index < -0.39 is 0 Å². The predicted molar refractivity (Wildman–Crippen MR) is 89.0 cm³/mol. The summed E-state index contributed by atoms with van der Waals surface area (Å²) in [6, 6.07) is 0. The molecule has 1 heteroatoms. The van der Waals surface area contributed by atoms with Crippen LogP contribution in [0, 0.1) is 28.6 Å². The summed E-state index contributed by atoms with van der Waals surface area (Å²) in [6.45, 7) is 11.8. The second-order valence-corrected chi connectivity index (χ2v) is 9.01. The molecule has 0 radical (unpaired) electrons. The molecule has 1 fully saturated rings. The lowest BCUT2D eigenvalue weighted by Gasteiger charge is -2.58. The van der Waals surface area contributed by atoms with E-state index in [9.17, 15) is 5.11 Å². The topological polar surface area (TPSA) is 20.2 Å². The van der Waals surface area contributed by atoms with Gasteiger partial charge in [-0.3, -0.25) is 0 Å². The third-order valence-corrected chi connectivity index (χ3v) is 6.78. The van der Waals surface area contributed by atoms with Crippen molar-refractivity contribution in [1.29, 1.82) is 0 Å². The number of fused-ring (bicyclic) bond motifs is 3. The zero-order valence-electron chi connectivity index (χ0n) is 14.4. The number of hydrogen-bond acceptors (Lipinski definition) is 1. The largest absolute Gasteiger partial charge is 0.393 e. The summed E-state index contributed by atoms with van der Waals surface area (Å²) < 4.78 is 0. The number of aliphatic hydroxyl groups excluding tert-OH is 1. The molecule has 0 spiro atoms. The summed E-state index contributed by atoms with van der Waals surface area (Å²) in [6.07, 6.45) is 10.6. The van der Waals surface area contributed by atoms with E-state index in [1.54, 1.807) is 11.1 Å². The molecule has 0 aromatic rings. The van der Waals surface area contributed by atoms with Crippen molar-refractivity contribution in [2.24, 2.45) is 28.6 Å². The lowest BCUT2D eigenvalue weighted by molar-refractivity contribution is -0.0951. The number of allylic oxidation sites excluding steroid dienone is 4. The predicted octanol–water partition coefficient (Wildman–Crippen LogP) is 5.11. The second-order valence-electron chi connectivity index (χ2n) is 9.01. The lowest BCUT2D eigenvalue weighted by Crippen LogP contribution is -2.52. The highest BCUT2D eigenvalue weighted by Crippen LogP contribution is 2.61. The van der Waals surface area contributed by atoms with Gasteiger partial charge in [0.1, 0.15) is 0 Å². The molecule has 0 bridgehead atoms. The summed E-state index contributed by atoms with van der Waals surface area (Å²) in [7, 11) is 0. The Hall–Kier alpha value is -0.560. The van der Waals surface area contributed by atoms with Gasteiger partial charge in [-0.15, -0.1) is 0 Å². The van der Waals surface area contributed by atoms with Gasteiger partial charge in [-0.2, -0.15) is 0 Å². The minimum atomic E-state index is -0.115. The molecule has 21 heavy (non-hydrogen) atoms. The molecule has 1 N–H and O–H groups in total. The second kappa shape index (κ2) is 4.98. The fourth-order valence-corrected chi connectivity index (χ4v) is 5.82. The average Bonchev–Trinajstić information content (AvgIpc) is 2.35. The van der Waals surface area contributed by atoms with Gasteiger partial charge in [0.15, 0.2) is 0 Å². The summed E-state index contributed by atoms with van der Waals surface area (Å²) in [5.41, 5.74) is 3.74. The van der Waals surface area contributed by atoms with Crippen LogP contribution in [0.2, 0.25) is 0 Å². The van der Waals surface area contributed by atoms with Crippen molar-refractivity contribution < 1.29 is 5.11 Å². The molecule has 1 saturated carbocycles. The highest BCUT2D eigenvalue weighted by molar-refractivity contribution is 5.35. The molecular formula is C20H32O. The standard InChI is InChI=1S/C20H32O/c1-13(2)14-6-8-17-15(10-14)7-9-18-19(3,4)11-16(21)12-20(17,18)5/h7,10,13,16-18,21H,6,8-9,11-12H2,1-5H3/t16-,17+,18+,20-/m0/s1. The first-order valence-electron chi connectivity index (χ1n) is 8.82. The van der Waals surface area contributed by atoms with Crippen LogP contribution in [0.5, 0.6) is 0 Å². The van der Waals surface area contributed by atoms with Gasteiger partial charge in [0.25, 0.3) is 0 Å². The molecule has 0 saturated heterocycles. The third kappa shape index (κ3) is 2.42. The Kier molecular flexibility index (Phi) is 3.64. The van der Waals surface area contributed by atoms with Gasteiger partial charge in [0.05, 0.1) is 6.10 Å². The summed E-state index contributed by atoms with van der Waals surface area (Å²) in [5, 5.41) is 10.4. The minimum absolute atomic E-state index is 0.115. The van der Waals surface area contributed by atoms with Crippen LogP contribution in [0.15, 0.2) is 23.3 Å². The molecule has 118 valence electrons. The van der Waals surface area contributed by atoms with Crippen molar-refractivity contribution >= 4 is 0 Å². The van der Waals surface area contributed by atoms with Crippen LogP contribution < -0.4 is 0 Å². The Balaban J connectivity index is 1.99. The molecule has 1 nitrogen and oxygen atoms in total. The molecule has 4 atom stereocenters. The number of aliphatic hydroxyl groups is 1. The van der Waals surface area contributed by atoms with E-state index >= 15 is 0 Å². The van der Waals surface area contributed by atoms with E-state index in [2.05, 4.69) is 46.8 Å². The van der Waals surface area contributed by atoms with Crippen LogP contribution in [0.1, 0.15) is 66.7 Å². The fraction of sp³-hybridized carbons (Fsp3) is 0.800. The van der Waals surface area contributed by atoms with Crippen LogP contribution >= 0.6 is 0 Å². The monoisotopic (exact) mass is 288 g/mol. The van der Waals surface area contributed by atoms with Gasteiger partial charge in [-0.05, 0) is 66.3 Å². The molecule has 0 amide bonds. The zero-order chi connectivity index (χ0) is 15.4. The van der Waals surface area contributed by atoms with Gasteiger partial charge in [-0.1, -0.05) is 52.3 Å². The van der Waals surface area contributed by atoms with Crippen LogP contribution in [0.25, 0.3) is 0 Å². The molecule has 0 aliphatic heterocycles. The molecule has 0 aromatic heterocycles. The van der Waals surface area contributed by atoms with E-state index in [0.717, 1.165) is 18.8 Å². The van der Waals surface area contributed by atoms with Crippen molar-refractivity contribution in [1.82, 2.24) is 0 Å². The first kappa shape index (κ1) is 15.3. The van der Waals surface area contributed by atoms with E-state index in [0.29, 0.717) is 11.8 Å². The van der Waals surface area contributed by atoms with Gasteiger partial charge in [0, 0.05) is 0 Å². The van der Waals surface area contributed by atoms with Gasteiger partial charge in [-0.25, -0.2) is 0 Å². The Morgan fingerprint density at radius 3 is 2.57 bits per heavy atom. The Morgan fingerprint density at radius 1 is 1.19 bits per heavy atom. The van der Waals surface area contributed by atoms with Crippen LogP contribution in [-0.2, 0) is 0 Å². The van der Waals surface area contributed by atoms with Crippen molar-refractivity contribution in [2.45, 2.75) is 72.8 Å². The molecule has 3 aliphatic carbocycles. The maximum Gasteiger partial charge on any atom is 0.0551 e. The lowest BCUT2D eigenvalue weighted by atomic mass is 9.47. The highest BCUT2D eigenvalue weighted by atomic mass is 16.3. The Morgan fingerprint density at radius 2 is 1.90 bits per heavy atom. The maximum absolute atomic E-state index is 10.4. The molecular weight excluding hydrogens is 256 g/mol. The van der Waals surface area contributed by atoms with E-state index in [-0.39, 0.29) is 16.9 Å². The van der Waals surface area contributed by atoms with Gasteiger partial charge >= 0.3 is 0 Å². The quantitative estimate of drug-likeness (QED) is 0.710. The van der Waals surface area contributed by atoms with E-state index in [4.69, 9.17) is 0 Å². The zero-order valence-corrected chi connectivity index (χ0v) is 14.4. The van der Waals surface area contributed by atoms with Crippen molar-refractivity contribution in [3.8, 4) is 0 Å². The summed E-state index contributed by atoms with van der Waals surface area (Å²) in [5.74, 6) is 2.05. The number of hydrogen-bond donors (Lipinski definition) is 1. The smallest absolute Gasteiger partial charge is 0.0551 e. The molecule has 0 aromatic carbocycles. The Bertz CT molecular complexity index is 482. The van der Waals surface area contributed by atoms with Crippen molar-refractivity contribution in [3.05, 3.63) is 23.3 Å². The first-order chi connectivity index (χ1) is 9.74. The molecule has 3 rings (SSSR count). The van der Waals surface area contributed by atoms with Gasteiger partial charge in [0.2, 0.25) is 0 Å². The normalized spacial score (nSPS) is 42.0. The maximum atomic E-state index is 10.4. The van der Waals surface area contributed by atoms with E-state index in [1.165, 1.54) is 19.3 Å².